The predicted molar refractivity (Wildman–Crippen MR) is 79.7 cm³/mol. The Bertz CT molecular complexity index is 492. The van der Waals surface area contributed by atoms with E-state index in [0.717, 1.165) is 0 Å². The van der Waals surface area contributed by atoms with Crippen molar-refractivity contribution in [3.63, 3.8) is 0 Å². The molecule has 9 nitrogen and oxygen atoms in total. The van der Waals surface area contributed by atoms with Gasteiger partial charge >= 0.3 is 17.9 Å². The topological polar surface area (TPSA) is 117 Å². The van der Waals surface area contributed by atoms with Gasteiger partial charge in [-0.25, -0.2) is 0 Å². The van der Waals surface area contributed by atoms with Crippen LogP contribution in [0, 0.1) is 0 Å². The van der Waals surface area contributed by atoms with Gasteiger partial charge in [-0.2, -0.15) is 0 Å². The normalized spacial score (nSPS) is 26.2. The van der Waals surface area contributed by atoms with Gasteiger partial charge in [0.05, 0.1) is 12.6 Å². The highest BCUT2D eigenvalue weighted by Gasteiger charge is 2.45. The lowest BCUT2D eigenvalue weighted by molar-refractivity contribution is -0.207. The quantitative estimate of drug-likeness (QED) is 0.515. The summed E-state index contributed by atoms with van der Waals surface area (Å²) < 4.78 is 20.9. The Balaban J connectivity index is 2.99. The molecule has 1 amide bonds. The average Bonchev–Trinajstić information content (AvgIpc) is 2.48. The number of nitrogens with one attached hydrogen (secondary N) is 1. The highest BCUT2D eigenvalue weighted by Crippen LogP contribution is 2.23. The number of rotatable bonds is 6. The van der Waals surface area contributed by atoms with Gasteiger partial charge in [-0.15, -0.1) is 0 Å². The number of amides is 1. The van der Waals surface area contributed by atoms with Gasteiger partial charge in [0.1, 0.15) is 12.7 Å². The minimum absolute atomic E-state index is 0.0212. The Hall–Kier alpha value is -2.16. The Morgan fingerprint density at radius 2 is 1.58 bits per heavy atom. The van der Waals surface area contributed by atoms with Gasteiger partial charge < -0.3 is 24.3 Å². The van der Waals surface area contributed by atoms with E-state index >= 15 is 0 Å². The van der Waals surface area contributed by atoms with E-state index in [1.807, 2.05) is 0 Å². The molecule has 1 heterocycles. The van der Waals surface area contributed by atoms with Crippen LogP contribution in [-0.2, 0) is 38.1 Å². The summed E-state index contributed by atoms with van der Waals surface area (Å²) in [6, 6.07) is -0.681. The number of hydrogen-bond donors (Lipinski definition) is 1. The molecule has 1 rings (SSSR count). The first-order valence-corrected chi connectivity index (χ1v) is 7.63. The van der Waals surface area contributed by atoms with E-state index in [1.54, 1.807) is 6.92 Å². The van der Waals surface area contributed by atoms with E-state index in [-0.39, 0.29) is 25.5 Å². The molecule has 1 aliphatic rings. The predicted octanol–water partition coefficient (Wildman–Crippen LogP) is -0.293. The van der Waals surface area contributed by atoms with Crippen molar-refractivity contribution in [2.45, 2.75) is 58.5 Å². The molecule has 1 fully saturated rings. The molecule has 0 saturated carbocycles. The fourth-order valence-electron chi connectivity index (χ4n) is 2.31. The SMILES string of the molecule is CCC(=O)N[C@H]1CO[C@H](COC(C)=O)[C@H](OC(C)=O)[C@@H]1OC(C)=O. The van der Waals surface area contributed by atoms with Crippen molar-refractivity contribution >= 4 is 23.8 Å². The molecule has 0 aromatic carbocycles. The van der Waals surface area contributed by atoms with E-state index in [2.05, 4.69) is 5.32 Å². The summed E-state index contributed by atoms with van der Waals surface area (Å²) in [4.78, 5) is 45.5. The van der Waals surface area contributed by atoms with E-state index in [4.69, 9.17) is 18.9 Å². The van der Waals surface area contributed by atoms with Gasteiger partial charge in [-0.3, -0.25) is 19.2 Å². The van der Waals surface area contributed by atoms with E-state index in [1.165, 1.54) is 20.8 Å². The van der Waals surface area contributed by atoms with Crippen molar-refractivity contribution in [1.82, 2.24) is 5.32 Å². The minimum Gasteiger partial charge on any atom is -0.463 e. The molecule has 0 aromatic heterocycles. The van der Waals surface area contributed by atoms with Crippen LogP contribution in [0.5, 0.6) is 0 Å². The zero-order chi connectivity index (χ0) is 18.3. The van der Waals surface area contributed by atoms with Gasteiger partial charge in [-0.1, -0.05) is 6.92 Å². The summed E-state index contributed by atoms with van der Waals surface area (Å²) in [6.07, 6.45) is -2.53. The third kappa shape index (κ3) is 6.15. The molecule has 0 bridgehead atoms. The number of carbonyl (C=O) groups excluding carboxylic acids is 4. The largest absolute Gasteiger partial charge is 0.463 e. The second-order valence-electron chi connectivity index (χ2n) is 5.35. The van der Waals surface area contributed by atoms with Gasteiger partial charge in [0, 0.05) is 27.2 Å². The maximum Gasteiger partial charge on any atom is 0.303 e. The second kappa shape index (κ2) is 9.21. The van der Waals surface area contributed by atoms with Crippen LogP contribution in [0.3, 0.4) is 0 Å². The molecule has 0 aliphatic carbocycles. The first kappa shape index (κ1) is 19.9. The molecule has 0 radical (unpaired) electrons. The van der Waals surface area contributed by atoms with Gasteiger partial charge in [0.2, 0.25) is 5.91 Å². The smallest absolute Gasteiger partial charge is 0.303 e. The first-order chi connectivity index (χ1) is 11.2. The molecule has 0 spiro atoms. The first-order valence-electron chi connectivity index (χ1n) is 7.63. The Kier molecular flexibility index (Phi) is 7.63. The molecule has 4 atom stereocenters. The maximum atomic E-state index is 11.7. The summed E-state index contributed by atoms with van der Waals surface area (Å²) in [5, 5.41) is 2.67. The van der Waals surface area contributed by atoms with Gasteiger partial charge in [-0.05, 0) is 0 Å². The van der Waals surface area contributed by atoms with Crippen LogP contribution >= 0.6 is 0 Å². The summed E-state index contributed by atoms with van der Waals surface area (Å²) in [5.41, 5.74) is 0. The van der Waals surface area contributed by atoms with Crippen molar-refractivity contribution in [3.8, 4) is 0 Å². The van der Waals surface area contributed by atoms with Crippen LogP contribution in [0.15, 0.2) is 0 Å². The van der Waals surface area contributed by atoms with Crippen LogP contribution in [-0.4, -0.2) is 61.4 Å². The number of carbonyl (C=O) groups is 4. The lowest BCUT2D eigenvalue weighted by Crippen LogP contribution is -2.62. The Morgan fingerprint density at radius 3 is 2.08 bits per heavy atom. The molecule has 1 saturated heterocycles. The second-order valence-corrected chi connectivity index (χ2v) is 5.35. The standard InChI is InChI=1S/C15H23NO8/c1-5-13(20)16-11-6-22-12(7-21-8(2)17)15(24-10(4)19)14(11)23-9(3)18/h11-12,14-15H,5-7H2,1-4H3,(H,16,20)/t11-,12+,14+,15-/m0/s1. The zero-order valence-corrected chi connectivity index (χ0v) is 14.2. The maximum absolute atomic E-state index is 11.7. The average molecular weight is 345 g/mol. The highest BCUT2D eigenvalue weighted by molar-refractivity contribution is 5.76. The lowest BCUT2D eigenvalue weighted by Gasteiger charge is -2.41. The minimum atomic E-state index is -1.01. The van der Waals surface area contributed by atoms with Crippen molar-refractivity contribution in [2.24, 2.45) is 0 Å². The molecular weight excluding hydrogens is 322 g/mol. The fourth-order valence-corrected chi connectivity index (χ4v) is 2.31. The van der Waals surface area contributed by atoms with Crippen molar-refractivity contribution < 1.29 is 38.1 Å². The summed E-state index contributed by atoms with van der Waals surface area (Å²) in [6.45, 7) is 5.17. The van der Waals surface area contributed by atoms with E-state index in [0.29, 0.717) is 0 Å². The summed E-state index contributed by atoms with van der Waals surface area (Å²) in [7, 11) is 0. The van der Waals surface area contributed by atoms with Crippen molar-refractivity contribution in [1.29, 1.82) is 0 Å². The van der Waals surface area contributed by atoms with Crippen LogP contribution in [0.2, 0.25) is 0 Å². The van der Waals surface area contributed by atoms with Crippen molar-refractivity contribution in [3.05, 3.63) is 0 Å². The number of hydrogen-bond acceptors (Lipinski definition) is 8. The van der Waals surface area contributed by atoms with Gasteiger partial charge in [0.15, 0.2) is 12.2 Å². The van der Waals surface area contributed by atoms with Crippen LogP contribution in [0.25, 0.3) is 0 Å². The summed E-state index contributed by atoms with van der Waals surface area (Å²) >= 11 is 0. The summed E-state index contributed by atoms with van der Waals surface area (Å²) in [5.74, 6) is -2.00. The number of esters is 3. The van der Waals surface area contributed by atoms with Crippen LogP contribution in [0.1, 0.15) is 34.1 Å². The Morgan fingerprint density at radius 1 is 1.00 bits per heavy atom. The molecule has 0 aromatic rings. The van der Waals surface area contributed by atoms with Crippen LogP contribution < -0.4 is 5.32 Å². The third-order valence-corrected chi connectivity index (χ3v) is 3.30. The molecule has 0 unspecified atom stereocenters. The zero-order valence-electron chi connectivity index (χ0n) is 14.2. The molecular formula is C15H23NO8. The van der Waals surface area contributed by atoms with Crippen LogP contribution in [0.4, 0.5) is 0 Å². The van der Waals surface area contributed by atoms with Gasteiger partial charge in [0.25, 0.3) is 0 Å². The lowest BCUT2D eigenvalue weighted by atomic mass is 9.97. The fraction of sp³-hybridized carbons (Fsp3) is 0.733. The molecule has 9 heteroatoms. The molecule has 1 N–H and O–H groups in total. The molecule has 1 aliphatic heterocycles. The third-order valence-electron chi connectivity index (χ3n) is 3.30. The molecule has 24 heavy (non-hydrogen) atoms. The van der Waals surface area contributed by atoms with Crippen molar-refractivity contribution in [2.75, 3.05) is 13.2 Å². The van der Waals surface area contributed by atoms with E-state index in [9.17, 15) is 19.2 Å². The number of ether oxygens (including phenoxy) is 4. The highest BCUT2D eigenvalue weighted by atomic mass is 16.6. The monoisotopic (exact) mass is 345 g/mol. The Labute approximate surface area is 139 Å². The molecule has 136 valence electrons. The van der Waals surface area contributed by atoms with E-state index < -0.39 is 42.3 Å².